The molecule has 3 heteroatoms. The Morgan fingerprint density at radius 2 is 2.00 bits per heavy atom. The Labute approximate surface area is 100 Å². The average Bonchev–Trinajstić information content (AvgIpc) is 2.29. The minimum Gasteiger partial charge on any atom is -0.326 e. The molecule has 2 rings (SSSR count). The molecule has 0 unspecified atom stereocenters. The molecule has 0 saturated heterocycles. The van der Waals surface area contributed by atoms with E-state index >= 15 is 0 Å². The van der Waals surface area contributed by atoms with E-state index in [0.717, 1.165) is 27.9 Å². The van der Waals surface area contributed by atoms with Crippen LogP contribution in [0.4, 0.5) is 4.39 Å². The Morgan fingerprint density at radius 3 is 2.59 bits per heavy atom. The van der Waals surface area contributed by atoms with E-state index in [9.17, 15) is 4.39 Å². The van der Waals surface area contributed by atoms with Crippen LogP contribution in [0.15, 0.2) is 30.5 Å². The fourth-order valence-electron chi connectivity index (χ4n) is 1.90. The first kappa shape index (κ1) is 11.7. The second kappa shape index (κ2) is 4.63. The third-order valence-electron chi connectivity index (χ3n) is 2.83. The van der Waals surface area contributed by atoms with Crippen molar-refractivity contribution >= 4 is 0 Å². The van der Waals surface area contributed by atoms with Gasteiger partial charge in [-0.1, -0.05) is 6.07 Å². The van der Waals surface area contributed by atoms with Gasteiger partial charge in [0.1, 0.15) is 5.82 Å². The number of nitrogens with zero attached hydrogens (tertiary/aromatic N) is 1. The van der Waals surface area contributed by atoms with Crippen molar-refractivity contribution in [2.75, 3.05) is 0 Å². The summed E-state index contributed by atoms with van der Waals surface area (Å²) in [6.45, 7) is 4.22. The highest BCUT2D eigenvalue weighted by atomic mass is 19.1. The van der Waals surface area contributed by atoms with Crippen LogP contribution in [0.3, 0.4) is 0 Å². The number of nitrogens with two attached hydrogens (primary N) is 1. The van der Waals surface area contributed by atoms with Gasteiger partial charge in [0.25, 0.3) is 0 Å². The first-order chi connectivity index (χ1) is 8.11. The molecule has 1 aromatic heterocycles. The number of halogens is 1. The lowest BCUT2D eigenvalue weighted by Crippen LogP contribution is -2.03. The molecule has 0 aliphatic carbocycles. The van der Waals surface area contributed by atoms with Crippen LogP contribution in [0.1, 0.15) is 16.7 Å². The lowest BCUT2D eigenvalue weighted by Gasteiger charge is -2.11. The van der Waals surface area contributed by atoms with Crippen LogP contribution in [-0.4, -0.2) is 4.98 Å². The van der Waals surface area contributed by atoms with Gasteiger partial charge in [-0.3, -0.25) is 4.98 Å². The third-order valence-corrected chi connectivity index (χ3v) is 2.83. The fourth-order valence-corrected chi connectivity index (χ4v) is 1.90. The van der Waals surface area contributed by atoms with E-state index in [4.69, 9.17) is 5.73 Å². The summed E-state index contributed by atoms with van der Waals surface area (Å²) in [5.41, 5.74) is 10.2. The summed E-state index contributed by atoms with van der Waals surface area (Å²) in [7, 11) is 0. The van der Waals surface area contributed by atoms with Crippen LogP contribution in [0.5, 0.6) is 0 Å². The smallest absolute Gasteiger partial charge is 0.124 e. The third kappa shape index (κ3) is 2.34. The Kier molecular flexibility index (Phi) is 3.20. The summed E-state index contributed by atoms with van der Waals surface area (Å²) >= 11 is 0. The van der Waals surface area contributed by atoms with Crippen LogP contribution >= 0.6 is 0 Å². The van der Waals surface area contributed by atoms with Crippen LogP contribution < -0.4 is 5.73 Å². The predicted octanol–water partition coefficient (Wildman–Crippen LogP) is 2.96. The maximum Gasteiger partial charge on any atom is 0.124 e. The molecule has 0 spiro atoms. The van der Waals surface area contributed by atoms with Gasteiger partial charge in [-0.15, -0.1) is 0 Å². The van der Waals surface area contributed by atoms with Gasteiger partial charge in [0.15, 0.2) is 0 Å². The molecule has 0 amide bonds. The SMILES string of the molecule is Cc1ccc(-c2cc(F)cc(C)c2CN)nc1. The van der Waals surface area contributed by atoms with Gasteiger partial charge in [-0.25, -0.2) is 4.39 Å². The molecule has 0 atom stereocenters. The number of rotatable bonds is 2. The molecular weight excluding hydrogens is 215 g/mol. The molecule has 2 nitrogen and oxygen atoms in total. The zero-order valence-corrected chi connectivity index (χ0v) is 10.00. The molecule has 0 aliphatic heterocycles. The standard InChI is InChI=1S/C14H15FN2/c1-9-3-4-14(17-8-9)12-6-11(15)5-10(2)13(12)7-16/h3-6,8H,7,16H2,1-2H3. The fraction of sp³-hybridized carbons (Fsp3) is 0.214. The Morgan fingerprint density at radius 1 is 1.24 bits per heavy atom. The maximum atomic E-state index is 13.4. The Hall–Kier alpha value is -1.74. The second-order valence-corrected chi connectivity index (χ2v) is 4.17. The van der Waals surface area contributed by atoms with Gasteiger partial charge in [0.05, 0.1) is 5.69 Å². The van der Waals surface area contributed by atoms with Gasteiger partial charge < -0.3 is 5.73 Å². The number of aromatic nitrogens is 1. The zero-order valence-electron chi connectivity index (χ0n) is 10.00. The maximum absolute atomic E-state index is 13.4. The molecule has 1 aromatic carbocycles. The summed E-state index contributed by atoms with van der Waals surface area (Å²) in [5.74, 6) is -0.253. The monoisotopic (exact) mass is 230 g/mol. The molecule has 2 N–H and O–H groups in total. The molecular formula is C14H15FN2. The molecule has 17 heavy (non-hydrogen) atoms. The second-order valence-electron chi connectivity index (χ2n) is 4.17. The molecule has 0 saturated carbocycles. The van der Waals surface area contributed by atoms with Crippen LogP contribution in [0, 0.1) is 19.7 Å². The van der Waals surface area contributed by atoms with Gasteiger partial charge >= 0.3 is 0 Å². The lowest BCUT2D eigenvalue weighted by atomic mass is 9.98. The number of hydrogen-bond acceptors (Lipinski definition) is 2. The average molecular weight is 230 g/mol. The topological polar surface area (TPSA) is 38.9 Å². The highest BCUT2D eigenvalue weighted by Crippen LogP contribution is 2.25. The van der Waals surface area contributed by atoms with Gasteiger partial charge in [-0.2, -0.15) is 0 Å². The molecule has 0 fully saturated rings. The lowest BCUT2D eigenvalue weighted by molar-refractivity contribution is 0.626. The molecule has 0 bridgehead atoms. The molecule has 2 aromatic rings. The van der Waals surface area contributed by atoms with Crippen molar-refractivity contribution < 1.29 is 4.39 Å². The summed E-state index contributed by atoms with van der Waals surface area (Å²) < 4.78 is 13.4. The summed E-state index contributed by atoms with van der Waals surface area (Å²) in [4.78, 5) is 4.32. The van der Waals surface area contributed by atoms with Crippen molar-refractivity contribution in [3.63, 3.8) is 0 Å². The molecule has 0 radical (unpaired) electrons. The predicted molar refractivity (Wildman–Crippen MR) is 67.0 cm³/mol. The van der Waals surface area contributed by atoms with E-state index in [0.29, 0.717) is 6.54 Å². The van der Waals surface area contributed by atoms with Crippen molar-refractivity contribution in [3.8, 4) is 11.3 Å². The number of pyridine rings is 1. The number of hydrogen-bond donors (Lipinski definition) is 1. The van der Waals surface area contributed by atoms with Crippen LogP contribution in [0.25, 0.3) is 11.3 Å². The molecule has 0 aliphatic rings. The van der Waals surface area contributed by atoms with Crippen molar-refractivity contribution in [1.82, 2.24) is 4.98 Å². The first-order valence-electron chi connectivity index (χ1n) is 5.54. The van der Waals surface area contributed by atoms with Crippen molar-refractivity contribution in [3.05, 3.63) is 53.0 Å². The van der Waals surface area contributed by atoms with E-state index in [1.54, 1.807) is 6.20 Å². The zero-order chi connectivity index (χ0) is 12.4. The minimum atomic E-state index is -0.253. The summed E-state index contributed by atoms with van der Waals surface area (Å²) in [6.07, 6.45) is 1.77. The highest BCUT2D eigenvalue weighted by molar-refractivity contribution is 5.65. The van der Waals surface area contributed by atoms with Crippen LogP contribution in [-0.2, 0) is 6.54 Å². The van der Waals surface area contributed by atoms with E-state index in [1.165, 1.54) is 12.1 Å². The van der Waals surface area contributed by atoms with E-state index in [2.05, 4.69) is 4.98 Å². The molecule has 88 valence electrons. The summed E-state index contributed by atoms with van der Waals surface area (Å²) in [6, 6.07) is 6.85. The highest BCUT2D eigenvalue weighted by Gasteiger charge is 2.10. The van der Waals surface area contributed by atoms with E-state index in [-0.39, 0.29) is 5.82 Å². The minimum absolute atomic E-state index is 0.253. The van der Waals surface area contributed by atoms with Crippen molar-refractivity contribution in [2.45, 2.75) is 20.4 Å². The van der Waals surface area contributed by atoms with Crippen molar-refractivity contribution in [2.24, 2.45) is 5.73 Å². The largest absolute Gasteiger partial charge is 0.326 e. The van der Waals surface area contributed by atoms with Crippen molar-refractivity contribution in [1.29, 1.82) is 0 Å². The van der Waals surface area contributed by atoms with Gasteiger partial charge in [0, 0.05) is 18.3 Å². The van der Waals surface area contributed by atoms with Crippen LogP contribution in [0.2, 0.25) is 0 Å². The van der Waals surface area contributed by atoms with E-state index in [1.807, 2.05) is 26.0 Å². The van der Waals surface area contributed by atoms with Gasteiger partial charge in [0.2, 0.25) is 0 Å². The number of aryl methyl sites for hydroxylation is 2. The Balaban J connectivity index is 2.61. The number of benzene rings is 1. The quantitative estimate of drug-likeness (QED) is 0.861. The van der Waals surface area contributed by atoms with Gasteiger partial charge in [-0.05, 0) is 48.7 Å². The summed E-state index contributed by atoms with van der Waals surface area (Å²) in [5, 5.41) is 0. The first-order valence-corrected chi connectivity index (χ1v) is 5.54. The normalized spacial score (nSPS) is 10.6. The Bertz CT molecular complexity index is 533. The van der Waals surface area contributed by atoms with E-state index < -0.39 is 0 Å². The molecule has 1 heterocycles.